The number of aliphatic carboxylic acids is 1. The monoisotopic (exact) mass is 297 g/mol. The first-order chi connectivity index (χ1) is 9.97. The highest BCUT2D eigenvalue weighted by atomic mass is 16.5. The predicted octanol–water partition coefficient (Wildman–Crippen LogP) is 0.0619. The first-order valence-electron chi connectivity index (χ1n) is 7.60. The molecular weight excluding hydrogens is 274 g/mol. The maximum atomic E-state index is 12.4. The second kappa shape index (κ2) is 5.46. The summed E-state index contributed by atoms with van der Waals surface area (Å²) in [7, 11) is 0. The van der Waals surface area contributed by atoms with Crippen molar-refractivity contribution in [3.8, 4) is 0 Å². The molecule has 0 unspecified atom stereocenters. The number of amides is 2. The Balaban J connectivity index is 1.42. The number of carbonyl (C=O) groups is 2. The molecule has 0 bridgehead atoms. The van der Waals surface area contributed by atoms with E-state index in [2.05, 4.69) is 4.90 Å². The Labute approximate surface area is 124 Å². The normalized spacial score (nSPS) is 25.6. The van der Waals surface area contributed by atoms with E-state index in [-0.39, 0.29) is 12.6 Å². The van der Waals surface area contributed by atoms with Crippen LogP contribution in [0.2, 0.25) is 0 Å². The highest BCUT2D eigenvalue weighted by molar-refractivity contribution is 5.76. The first kappa shape index (κ1) is 14.6. The molecule has 0 spiro atoms. The molecule has 1 saturated carbocycles. The van der Waals surface area contributed by atoms with E-state index in [1.165, 1.54) is 12.8 Å². The minimum atomic E-state index is -0.975. The molecule has 7 heteroatoms. The van der Waals surface area contributed by atoms with Crippen molar-refractivity contribution in [2.24, 2.45) is 0 Å². The van der Waals surface area contributed by atoms with Crippen LogP contribution in [0.5, 0.6) is 0 Å². The molecule has 2 amide bonds. The van der Waals surface area contributed by atoms with Gasteiger partial charge >= 0.3 is 12.0 Å². The number of hydrogen-bond acceptors (Lipinski definition) is 4. The molecule has 1 N–H and O–H groups in total. The van der Waals surface area contributed by atoms with Crippen molar-refractivity contribution in [2.75, 3.05) is 45.9 Å². The Morgan fingerprint density at radius 3 is 2.29 bits per heavy atom. The van der Waals surface area contributed by atoms with Crippen molar-refractivity contribution in [3.63, 3.8) is 0 Å². The molecule has 0 atom stereocenters. The molecule has 2 aliphatic heterocycles. The van der Waals surface area contributed by atoms with Crippen LogP contribution in [-0.2, 0) is 9.53 Å². The SMILES string of the molecule is CC1(OCC(=O)O)CN(C(=O)N2CCN(C3CC3)CC2)C1. The van der Waals surface area contributed by atoms with Crippen LogP contribution in [0.3, 0.4) is 0 Å². The molecule has 7 nitrogen and oxygen atoms in total. The van der Waals surface area contributed by atoms with E-state index < -0.39 is 11.6 Å². The predicted molar refractivity (Wildman–Crippen MR) is 75.1 cm³/mol. The van der Waals surface area contributed by atoms with Crippen LogP contribution in [0.4, 0.5) is 4.79 Å². The van der Waals surface area contributed by atoms with Crippen molar-refractivity contribution in [2.45, 2.75) is 31.4 Å². The van der Waals surface area contributed by atoms with Crippen molar-refractivity contribution in [3.05, 3.63) is 0 Å². The zero-order valence-corrected chi connectivity index (χ0v) is 12.5. The highest BCUT2D eigenvalue weighted by Gasteiger charge is 2.44. The summed E-state index contributed by atoms with van der Waals surface area (Å²) in [4.78, 5) is 29.0. The average molecular weight is 297 g/mol. The summed E-state index contributed by atoms with van der Waals surface area (Å²) in [6, 6.07) is 0.820. The molecule has 118 valence electrons. The number of nitrogens with zero attached hydrogens (tertiary/aromatic N) is 3. The lowest BCUT2D eigenvalue weighted by Crippen LogP contribution is -2.66. The molecule has 0 radical (unpaired) electrons. The van der Waals surface area contributed by atoms with Gasteiger partial charge in [0.05, 0.1) is 13.1 Å². The third-order valence-electron chi connectivity index (χ3n) is 4.51. The molecule has 1 aliphatic carbocycles. The minimum Gasteiger partial charge on any atom is -0.480 e. The van der Waals surface area contributed by atoms with Gasteiger partial charge in [0.15, 0.2) is 0 Å². The van der Waals surface area contributed by atoms with Gasteiger partial charge in [-0.25, -0.2) is 9.59 Å². The van der Waals surface area contributed by atoms with Gasteiger partial charge in [0, 0.05) is 32.2 Å². The van der Waals surface area contributed by atoms with Gasteiger partial charge in [-0.15, -0.1) is 0 Å². The number of likely N-dealkylation sites (tertiary alicyclic amines) is 1. The third kappa shape index (κ3) is 3.29. The largest absolute Gasteiger partial charge is 0.480 e. The summed E-state index contributed by atoms with van der Waals surface area (Å²) in [5, 5.41) is 8.63. The van der Waals surface area contributed by atoms with Crippen LogP contribution in [-0.4, -0.2) is 89.3 Å². The Hall–Kier alpha value is -1.34. The fraction of sp³-hybridized carbons (Fsp3) is 0.857. The molecule has 3 aliphatic rings. The quantitative estimate of drug-likeness (QED) is 0.794. The average Bonchev–Trinajstić information content (AvgIpc) is 3.26. The number of hydrogen-bond donors (Lipinski definition) is 1. The van der Waals surface area contributed by atoms with E-state index in [4.69, 9.17) is 9.84 Å². The van der Waals surface area contributed by atoms with Crippen LogP contribution < -0.4 is 0 Å². The van der Waals surface area contributed by atoms with Crippen molar-refractivity contribution >= 4 is 12.0 Å². The summed E-state index contributed by atoms with van der Waals surface area (Å²) in [5.41, 5.74) is -0.510. The lowest BCUT2D eigenvalue weighted by atomic mass is 9.97. The molecule has 3 fully saturated rings. The summed E-state index contributed by atoms with van der Waals surface area (Å²) < 4.78 is 5.33. The first-order valence-corrected chi connectivity index (χ1v) is 7.60. The number of urea groups is 1. The number of carbonyl (C=O) groups excluding carboxylic acids is 1. The zero-order valence-electron chi connectivity index (χ0n) is 12.5. The number of piperazine rings is 1. The van der Waals surface area contributed by atoms with Gasteiger partial charge in [-0.1, -0.05) is 0 Å². The topological polar surface area (TPSA) is 73.3 Å². The Kier molecular flexibility index (Phi) is 3.79. The van der Waals surface area contributed by atoms with Gasteiger partial charge in [0.25, 0.3) is 0 Å². The number of carboxylic acid groups (broad SMARTS) is 1. The molecule has 0 aromatic carbocycles. The van der Waals surface area contributed by atoms with Crippen LogP contribution in [0.1, 0.15) is 19.8 Å². The maximum absolute atomic E-state index is 12.4. The number of ether oxygens (including phenoxy) is 1. The fourth-order valence-corrected chi connectivity index (χ4v) is 3.14. The van der Waals surface area contributed by atoms with E-state index >= 15 is 0 Å². The maximum Gasteiger partial charge on any atom is 0.329 e. The Bertz CT molecular complexity index is 424. The lowest BCUT2D eigenvalue weighted by Gasteiger charge is -2.49. The second-order valence-corrected chi connectivity index (χ2v) is 6.53. The minimum absolute atomic E-state index is 0.0573. The summed E-state index contributed by atoms with van der Waals surface area (Å²) in [6.07, 6.45) is 2.61. The second-order valence-electron chi connectivity index (χ2n) is 6.53. The van der Waals surface area contributed by atoms with Gasteiger partial charge in [-0.2, -0.15) is 0 Å². The van der Waals surface area contributed by atoms with Crippen molar-refractivity contribution in [1.82, 2.24) is 14.7 Å². The van der Waals surface area contributed by atoms with Crippen LogP contribution in [0.25, 0.3) is 0 Å². The Morgan fingerprint density at radius 1 is 1.14 bits per heavy atom. The molecular formula is C14H23N3O4. The smallest absolute Gasteiger partial charge is 0.329 e. The summed E-state index contributed by atoms with van der Waals surface area (Å²) in [5.74, 6) is -0.975. The van der Waals surface area contributed by atoms with E-state index in [0.717, 1.165) is 32.2 Å². The summed E-state index contributed by atoms with van der Waals surface area (Å²) in [6.45, 7) is 6.01. The van der Waals surface area contributed by atoms with E-state index in [1.807, 2.05) is 11.8 Å². The van der Waals surface area contributed by atoms with Gasteiger partial charge in [0.2, 0.25) is 0 Å². The number of carboxylic acids is 1. The van der Waals surface area contributed by atoms with Crippen molar-refractivity contribution < 1.29 is 19.4 Å². The lowest BCUT2D eigenvalue weighted by molar-refractivity contribution is -0.160. The Morgan fingerprint density at radius 2 is 1.76 bits per heavy atom. The fourth-order valence-electron chi connectivity index (χ4n) is 3.14. The van der Waals surface area contributed by atoms with E-state index in [9.17, 15) is 9.59 Å². The van der Waals surface area contributed by atoms with Crippen LogP contribution in [0, 0.1) is 0 Å². The molecule has 0 aromatic heterocycles. The summed E-state index contributed by atoms with van der Waals surface area (Å²) >= 11 is 0. The van der Waals surface area contributed by atoms with Gasteiger partial charge < -0.3 is 19.6 Å². The third-order valence-corrected chi connectivity index (χ3v) is 4.51. The van der Waals surface area contributed by atoms with E-state index in [0.29, 0.717) is 13.1 Å². The van der Waals surface area contributed by atoms with Crippen LogP contribution >= 0.6 is 0 Å². The number of rotatable bonds is 4. The van der Waals surface area contributed by atoms with Gasteiger partial charge in [-0.05, 0) is 19.8 Å². The highest BCUT2D eigenvalue weighted by Crippen LogP contribution is 2.29. The molecule has 21 heavy (non-hydrogen) atoms. The zero-order chi connectivity index (χ0) is 15.0. The van der Waals surface area contributed by atoms with E-state index in [1.54, 1.807) is 4.90 Å². The van der Waals surface area contributed by atoms with Gasteiger partial charge in [-0.3, -0.25) is 4.90 Å². The van der Waals surface area contributed by atoms with Crippen LogP contribution in [0.15, 0.2) is 0 Å². The molecule has 2 saturated heterocycles. The van der Waals surface area contributed by atoms with Gasteiger partial charge in [0.1, 0.15) is 12.2 Å². The molecule has 0 aromatic rings. The molecule has 2 heterocycles. The van der Waals surface area contributed by atoms with Crippen molar-refractivity contribution in [1.29, 1.82) is 0 Å². The molecule has 3 rings (SSSR count). The standard InChI is InChI=1S/C14H23N3O4/c1-14(21-8-12(18)19)9-17(10-14)13(20)16-6-4-15(5-7-16)11-2-3-11/h11H,2-10H2,1H3,(H,18,19).